The average Bonchev–Trinajstić information content (AvgIpc) is 2.84. The number of halogens is 1. The van der Waals surface area contributed by atoms with E-state index in [1.807, 2.05) is 25.7 Å². The van der Waals surface area contributed by atoms with Gasteiger partial charge in [0.05, 0.1) is 15.3 Å². The first kappa shape index (κ1) is 16.7. The highest BCUT2D eigenvalue weighted by molar-refractivity contribution is 7.17. The second kappa shape index (κ2) is 6.65. The highest BCUT2D eigenvalue weighted by Gasteiger charge is 2.28. The fourth-order valence-corrected chi connectivity index (χ4v) is 3.25. The first-order chi connectivity index (χ1) is 9.77. The summed E-state index contributed by atoms with van der Waals surface area (Å²) in [4.78, 5) is 17.1. The number of aliphatic hydroxyl groups is 1. The Morgan fingerprint density at radius 2 is 1.95 bits per heavy atom. The van der Waals surface area contributed by atoms with E-state index in [2.05, 4.69) is 4.90 Å². The van der Waals surface area contributed by atoms with E-state index in [1.165, 1.54) is 11.3 Å². The lowest BCUT2D eigenvalue weighted by molar-refractivity contribution is 0.0137. The van der Waals surface area contributed by atoms with Gasteiger partial charge in [0.25, 0.3) is 5.91 Å². The topological polar surface area (TPSA) is 43.8 Å². The summed E-state index contributed by atoms with van der Waals surface area (Å²) in [5.41, 5.74) is -0.110. The van der Waals surface area contributed by atoms with Gasteiger partial charge in [-0.1, -0.05) is 32.4 Å². The van der Waals surface area contributed by atoms with Gasteiger partial charge in [-0.3, -0.25) is 9.69 Å². The molecule has 0 aliphatic carbocycles. The van der Waals surface area contributed by atoms with Crippen LogP contribution in [0.2, 0.25) is 4.34 Å². The molecule has 1 amide bonds. The molecule has 6 heteroatoms. The monoisotopic (exact) mass is 330 g/mol. The van der Waals surface area contributed by atoms with Gasteiger partial charge < -0.3 is 10.0 Å². The van der Waals surface area contributed by atoms with Crippen molar-refractivity contribution in [2.24, 2.45) is 5.41 Å². The predicted octanol–water partition coefficient (Wildman–Crippen LogP) is 2.57. The summed E-state index contributed by atoms with van der Waals surface area (Å²) < 4.78 is 0.644. The van der Waals surface area contributed by atoms with Gasteiger partial charge in [-0.15, -0.1) is 11.3 Å². The average molecular weight is 331 g/mol. The number of thiophene rings is 1. The Balaban J connectivity index is 1.84. The van der Waals surface area contributed by atoms with Crippen molar-refractivity contribution in [2.75, 3.05) is 32.7 Å². The molecule has 1 fully saturated rings. The predicted molar refractivity (Wildman–Crippen MR) is 87.1 cm³/mol. The minimum Gasteiger partial charge on any atom is -0.391 e. The Morgan fingerprint density at radius 1 is 1.33 bits per heavy atom. The minimum absolute atomic E-state index is 0.0583. The van der Waals surface area contributed by atoms with E-state index < -0.39 is 0 Å². The van der Waals surface area contributed by atoms with Crippen LogP contribution in [0.25, 0.3) is 0 Å². The maximum absolute atomic E-state index is 12.3. The van der Waals surface area contributed by atoms with Crippen LogP contribution in [0, 0.1) is 5.41 Å². The maximum atomic E-state index is 12.3. The summed E-state index contributed by atoms with van der Waals surface area (Å²) in [6.45, 7) is 9.79. The van der Waals surface area contributed by atoms with E-state index in [0.29, 0.717) is 28.8 Å². The molecule has 2 heterocycles. The first-order valence-electron chi connectivity index (χ1n) is 7.22. The molecule has 1 aromatic rings. The standard InChI is InChI=1S/C15H23ClN2O2S/c1-15(2,3)12(19)10-17-6-8-18(9-7-17)14(20)11-4-5-13(16)21-11/h4-5,12,19H,6-10H2,1-3H3. The number of β-amino-alcohol motifs (C(OH)–C–C–N with tert-alkyl or cyclic N) is 1. The summed E-state index contributed by atoms with van der Waals surface area (Å²) in [6, 6.07) is 3.54. The van der Waals surface area contributed by atoms with Crippen LogP contribution < -0.4 is 0 Å². The molecular weight excluding hydrogens is 308 g/mol. The van der Waals surface area contributed by atoms with Crippen molar-refractivity contribution in [1.29, 1.82) is 0 Å². The van der Waals surface area contributed by atoms with E-state index in [1.54, 1.807) is 12.1 Å². The second-order valence-electron chi connectivity index (χ2n) is 6.58. The number of piperazine rings is 1. The number of amides is 1. The molecule has 0 aromatic carbocycles. The molecule has 1 aliphatic rings. The van der Waals surface area contributed by atoms with Gasteiger partial charge in [-0.25, -0.2) is 0 Å². The largest absolute Gasteiger partial charge is 0.391 e. The Hall–Kier alpha value is -0.620. The van der Waals surface area contributed by atoms with Crippen LogP contribution in [0.3, 0.4) is 0 Å². The molecule has 0 radical (unpaired) electrons. The normalized spacial score (nSPS) is 18.8. The SMILES string of the molecule is CC(C)(C)C(O)CN1CCN(C(=O)c2ccc(Cl)s2)CC1. The van der Waals surface area contributed by atoms with Crippen molar-refractivity contribution in [3.05, 3.63) is 21.3 Å². The number of rotatable bonds is 3. The van der Waals surface area contributed by atoms with Crippen molar-refractivity contribution in [1.82, 2.24) is 9.80 Å². The van der Waals surface area contributed by atoms with Gasteiger partial charge >= 0.3 is 0 Å². The number of carbonyl (C=O) groups excluding carboxylic acids is 1. The molecule has 118 valence electrons. The Labute approximate surface area is 135 Å². The smallest absolute Gasteiger partial charge is 0.264 e. The highest BCUT2D eigenvalue weighted by atomic mass is 35.5. The number of carbonyl (C=O) groups is 1. The summed E-state index contributed by atoms with van der Waals surface area (Å²) in [5.74, 6) is 0.0583. The molecule has 2 rings (SSSR count). The number of hydrogen-bond acceptors (Lipinski definition) is 4. The molecule has 1 saturated heterocycles. The van der Waals surface area contributed by atoms with Gasteiger partial charge in [-0.05, 0) is 17.5 Å². The van der Waals surface area contributed by atoms with Crippen LogP contribution in [-0.4, -0.2) is 59.6 Å². The molecule has 0 spiro atoms. The third-order valence-corrected chi connectivity index (χ3v) is 5.09. The lowest BCUT2D eigenvalue weighted by Gasteiger charge is -2.37. The number of aliphatic hydroxyl groups excluding tert-OH is 1. The molecule has 1 N–H and O–H groups in total. The molecule has 4 nitrogen and oxygen atoms in total. The molecule has 1 aliphatic heterocycles. The van der Waals surface area contributed by atoms with Crippen molar-refractivity contribution in [3.63, 3.8) is 0 Å². The lowest BCUT2D eigenvalue weighted by atomic mass is 9.89. The third-order valence-electron chi connectivity index (χ3n) is 3.87. The zero-order valence-corrected chi connectivity index (χ0v) is 14.4. The molecule has 21 heavy (non-hydrogen) atoms. The van der Waals surface area contributed by atoms with E-state index in [-0.39, 0.29) is 17.4 Å². The van der Waals surface area contributed by atoms with Gasteiger partial charge in [0.1, 0.15) is 0 Å². The van der Waals surface area contributed by atoms with Crippen molar-refractivity contribution in [3.8, 4) is 0 Å². The van der Waals surface area contributed by atoms with Crippen LogP contribution in [0.4, 0.5) is 0 Å². The van der Waals surface area contributed by atoms with Crippen LogP contribution in [0.15, 0.2) is 12.1 Å². The van der Waals surface area contributed by atoms with Gasteiger partial charge in [0.15, 0.2) is 0 Å². The Morgan fingerprint density at radius 3 is 2.43 bits per heavy atom. The van der Waals surface area contributed by atoms with Crippen LogP contribution >= 0.6 is 22.9 Å². The highest BCUT2D eigenvalue weighted by Crippen LogP contribution is 2.24. The quantitative estimate of drug-likeness (QED) is 0.926. The lowest BCUT2D eigenvalue weighted by Crippen LogP contribution is -2.51. The van der Waals surface area contributed by atoms with Crippen molar-refractivity contribution < 1.29 is 9.90 Å². The van der Waals surface area contributed by atoms with Crippen LogP contribution in [0.5, 0.6) is 0 Å². The van der Waals surface area contributed by atoms with Crippen molar-refractivity contribution >= 4 is 28.8 Å². The molecule has 1 unspecified atom stereocenters. The number of hydrogen-bond donors (Lipinski definition) is 1. The zero-order valence-electron chi connectivity index (χ0n) is 12.8. The summed E-state index contributed by atoms with van der Waals surface area (Å²) in [7, 11) is 0. The third kappa shape index (κ3) is 4.42. The number of nitrogens with zero attached hydrogens (tertiary/aromatic N) is 2. The molecular formula is C15H23ClN2O2S. The van der Waals surface area contributed by atoms with E-state index >= 15 is 0 Å². The molecule has 1 atom stereocenters. The fourth-order valence-electron chi connectivity index (χ4n) is 2.24. The Bertz CT molecular complexity index is 490. The van der Waals surface area contributed by atoms with E-state index in [0.717, 1.165) is 13.1 Å². The van der Waals surface area contributed by atoms with Crippen molar-refractivity contribution in [2.45, 2.75) is 26.9 Å². The zero-order chi connectivity index (χ0) is 15.6. The van der Waals surface area contributed by atoms with Crippen LogP contribution in [-0.2, 0) is 0 Å². The van der Waals surface area contributed by atoms with Gasteiger partial charge in [0.2, 0.25) is 0 Å². The second-order valence-corrected chi connectivity index (χ2v) is 8.29. The van der Waals surface area contributed by atoms with Gasteiger partial charge in [0, 0.05) is 32.7 Å². The molecule has 0 saturated carbocycles. The maximum Gasteiger partial charge on any atom is 0.264 e. The summed E-state index contributed by atoms with van der Waals surface area (Å²) in [5, 5.41) is 10.2. The first-order valence-corrected chi connectivity index (χ1v) is 8.42. The van der Waals surface area contributed by atoms with E-state index in [4.69, 9.17) is 11.6 Å². The minimum atomic E-state index is -0.351. The molecule has 1 aromatic heterocycles. The van der Waals surface area contributed by atoms with E-state index in [9.17, 15) is 9.90 Å². The molecule has 0 bridgehead atoms. The summed E-state index contributed by atoms with van der Waals surface area (Å²) in [6.07, 6.45) is -0.351. The van der Waals surface area contributed by atoms with Gasteiger partial charge in [-0.2, -0.15) is 0 Å². The fraction of sp³-hybridized carbons (Fsp3) is 0.667. The Kier molecular flexibility index (Phi) is 5.30. The summed E-state index contributed by atoms with van der Waals surface area (Å²) >= 11 is 7.20. The van der Waals surface area contributed by atoms with Crippen LogP contribution in [0.1, 0.15) is 30.4 Å².